The number of benzene rings is 3. The maximum Gasteiger partial charge on any atom is 0.124 e. The minimum atomic E-state index is -0.365. The second kappa shape index (κ2) is 10.0. The predicted molar refractivity (Wildman–Crippen MR) is 129 cm³/mol. The molecule has 1 aliphatic heterocycles. The Morgan fingerprint density at radius 1 is 0.848 bits per heavy atom. The van der Waals surface area contributed by atoms with Gasteiger partial charge in [0.1, 0.15) is 23.1 Å². The van der Waals surface area contributed by atoms with Crippen LogP contribution in [0.15, 0.2) is 71.9 Å². The van der Waals surface area contributed by atoms with Crippen LogP contribution in [0.1, 0.15) is 11.1 Å². The number of methoxy groups -OCH3 is 3. The van der Waals surface area contributed by atoms with E-state index in [4.69, 9.17) is 25.8 Å². The third-order valence-corrected chi connectivity index (χ3v) is 5.89. The van der Waals surface area contributed by atoms with Gasteiger partial charge in [0.15, 0.2) is 0 Å². The van der Waals surface area contributed by atoms with Crippen LogP contribution in [0.3, 0.4) is 0 Å². The third-order valence-electron chi connectivity index (χ3n) is 5.59. The van der Waals surface area contributed by atoms with Gasteiger partial charge in [0.05, 0.1) is 38.6 Å². The zero-order valence-corrected chi connectivity index (χ0v) is 19.6. The Labute approximate surface area is 198 Å². The van der Waals surface area contributed by atoms with Crippen molar-refractivity contribution < 1.29 is 18.6 Å². The molecule has 3 aromatic rings. The number of hydrogen-bond donors (Lipinski definition) is 1. The van der Waals surface area contributed by atoms with E-state index in [9.17, 15) is 4.39 Å². The zero-order chi connectivity index (χ0) is 23.4. The number of allylic oxidation sites excluding steroid dienone is 1. The van der Waals surface area contributed by atoms with Crippen LogP contribution in [-0.2, 0) is 12.8 Å². The fourth-order valence-corrected chi connectivity index (χ4v) is 4.21. The van der Waals surface area contributed by atoms with Gasteiger partial charge in [-0.25, -0.2) is 4.39 Å². The highest BCUT2D eigenvalue weighted by Crippen LogP contribution is 2.32. The molecule has 0 atom stereocenters. The number of halogens is 2. The van der Waals surface area contributed by atoms with E-state index in [1.165, 1.54) is 17.7 Å². The number of hydrazine groups is 1. The van der Waals surface area contributed by atoms with Crippen molar-refractivity contribution in [1.82, 2.24) is 5.43 Å². The predicted octanol–water partition coefficient (Wildman–Crippen LogP) is 5.57. The van der Waals surface area contributed by atoms with Crippen LogP contribution in [-0.4, -0.2) is 27.9 Å². The molecule has 0 radical (unpaired) electrons. The fraction of sp³-hybridized carbons (Fsp3) is 0.231. The first kappa shape index (κ1) is 22.8. The Morgan fingerprint density at radius 3 is 2.21 bits per heavy atom. The van der Waals surface area contributed by atoms with Gasteiger partial charge in [0.2, 0.25) is 0 Å². The first-order valence-electron chi connectivity index (χ1n) is 10.5. The second-order valence-electron chi connectivity index (χ2n) is 7.80. The topological polar surface area (TPSA) is 43.0 Å². The van der Waals surface area contributed by atoms with Crippen LogP contribution in [0.2, 0.25) is 5.02 Å². The molecule has 0 saturated heterocycles. The zero-order valence-electron chi connectivity index (χ0n) is 18.8. The van der Waals surface area contributed by atoms with Crippen molar-refractivity contribution in [3.63, 3.8) is 0 Å². The van der Waals surface area contributed by atoms with Crippen LogP contribution in [0.25, 0.3) is 0 Å². The van der Waals surface area contributed by atoms with E-state index >= 15 is 0 Å². The number of hydrogen-bond acceptors (Lipinski definition) is 5. The number of anilines is 1. The maximum absolute atomic E-state index is 13.6. The summed E-state index contributed by atoms with van der Waals surface area (Å²) < 4.78 is 29.9. The molecule has 5 nitrogen and oxygen atoms in total. The minimum Gasteiger partial charge on any atom is -0.497 e. The molecule has 0 spiro atoms. The monoisotopic (exact) mass is 468 g/mol. The van der Waals surface area contributed by atoms with Crippen LogP contribution in [0.5, 0.6) is 17.2 Å². The lowest BCUT2D eigenvalue weighted by Gasteiger charge is -2.22. The van der Waals surface area contributed by atoms with Crippen LogP contribution in [0, 0.1) is 5.82 Å². The molecule has 0 bridgehead atoms. The van der Waals surface area contributed by atoms with Crippen LogP contribution < -0.4 is 24.6 Å². The van der Waals surface area contributed by atoms with Gasteiger partial charge in [-0.3, -0.25) is 5.01 Å². The molecule has 172 valence electrons. The lowest BCUT2D eigenvalue weighted by atomic mass is 10.00. The number of ether oxygens (including phenoxy) is 3. The van der Waals surface area contributed by atoms with E-state index in [0.29, 0.717) is 18.0 Å². The Hall–Kier alpha value is -3.38. The molecular weight excluding hydrogens is 443 g/mol. The molecule has 0 amide bonds. The molecule has 33 heavy (non-hydrogen) atoms. The summed E-state index contributed by atoms with van der Waals surface area (Å²) in [6.07, 6.45) is 1.37. The van der Waals surface area contributed by atoms with Gasteiger partial charge < -0.3 is 19.6 Å². The van der Waals surface area contributed by atoms with E-state index < -0.39 is 0 Å². The molecule has 7 heteroatoms. The summed E-state index contributed by atoms with van der Waals surface area (Å²) >= 11 is 6.35. The summed E-state index contributed by atoms with van der Waals surface area (Å²) in [5.74, 6) is 1.92. The van der Waals surface area contributed by atoms with Gasteiger partial charge in [-0.2, -0.15) is 0 Å². The summed E-state index contributed by atoms with van der Waals surface area (Å²) in [6.45, 7) is 0.610. The first-order valence-corrected chi connectivity index (χ1v) is 10.9. The van der Waals surface area contributed by atoms with Gasteiger partial charge in [-0.1, -0.05) is 23.7 Å². The van der Waals surface area contributed by atoms with Gasteiger partial charge >= 0.3 is 0 Å². The molecular formula is C26H26ClFN2O3. The highest BCUT2D eigenvalue weighted by molar-refractivity contribution is 6.33. The van der Waals surface area contributed by atoms with Crippen LogP contribution >= 0.6 is 11.6 Å². The summed E-state index contributed by atoms with van der Waals surface area (Å²) in [5.41, 5.74) is 8.64. The van der Waals surface area contributed by atoms with Gasteiger partial charge in [0.25, 0.3) is 0 Å². The smallest absolute Gasteiger partial charge is 0.124 e. The lowest BCUT2D eigenvalue weighted by molar-refractivity contribution is 0.393. The normalized spacial score (nSPS) is 13.2. The summed E-state index contributed by atoms with van der Waals surface area (Å²) in [7, 11) is 4.94. The SMILES string of the molecule is COc1cccc(CC2=C(Cc3cc(OC)cc(OC)c3)NN(c3ccc(F)cc3Cl)C2)c1. The van der Waals surface area contributed by atoms with Gasteiger partial charge in [-0.05, 0) is 65.6 Å². The largest absolute Gasteiger partial charge is 0.497 e. The van der Waals surface area contributed by atoms with Crippen LogP contribution in [0.4, 0.5) is 10.1 Å². The Morgan fingerprint density at radius 2 is 1.55 bits per heavy atom. The molecule has 3 aromatic carbocycles. The van der Waals surface area contributed by atoms with Crippen molar-refractivity contribution in [3.8, 4) is 17.2 Å². The standard InChI is InChI=1S/C26H26ClFN2O3/c1-31-21-6-4-5-17(10-21)9-19-16-30(26-8-7-20(28)14-24(26)27)29-25(19)13-18-11-22(32-2)15-23(12-18)33-3/h4-8,10-12,14-15,29H,9,13,16H2,1-3H3. The molecule has 0 unspecified atom stereocenters. The van der Waals surface area contributed by atoms with Crippen molar-refractivity contribution in [2.45, 2.75) is 12.8 Å². The first-order chi connectivity index (χ1) is 16.0. The molecule has 0 saturated carbocycles. The van der Waals surface area contributed by atoms with E-state index in [0.717, 1.165) is 46.2 Å². The van der Waals surface area contributed by atoms with E-state index in [-0.39, 0.29) is 5.82 Å². The number of nitrogens with one attached hydrogen (secondary N) is 1. The maximum atomic E-state index is 13.6. The lowest BCUT2D eigenvalue weighted by Crippen LogP contribution is -2.32. The van der Waals surface area contributed by atoms with E-state index in [1.807, 2.05) is 41.4 Å². The molecule has 0 aromatic heterocycles. The van der Waals surface area contributed by atoms with Crippen molar-refractivity contribution in [2.75, 3.05) is 32.9 Å². The summed E-state index contributed by atoms with van der Waals surface area (Å²) in [6, 6.07) is 18.3. The van der Waals surface area contributed by atoms with Gasteiger partial charge in [-0.15, -0.1) is 0 Å². The molecule has 0 aliphatic carbocycles. The molecule has 1 heterocycles. The minimum absolute atomic E-state index is 0.354. The highest BCUT2D eigenvalue weighted by Gasteiger charge is 2.24. The number of rotatable bonds is 8. The average Bonchev–Trinajstić information content (AvgIpc) is 3.20. The van der Waals surface area contributed by atoms with E-state index in [2.05, 4.69) is 11.5 Å². The van der Waals surface area contributed by atoms with Crippen molar-refractivity contribution in [2.24, 2.45) is 0 Å². The fourth-order valence-electron chi connectivity index (χ4n) is 3.94. The molecule has 1 aliphatic rings. The highest BCUT2D eigenvalue weighted by atomic mass is 35.5. The van der Waals surface area contributed by atoms with Crippen molar-refractivity contribution in [3.05, 3.63) is 93.9 Å². The van der Waals surface area contributed by atoms with Gasteiger partial charge in [0, 0.05) is 18.2 Å². The Bertz CT molecular complexity index is 1160. The molecule has 1 N–H and O–H groups in total. The quantitative estimate of drug-likeness (QED) is 0.468. The average molecular weight is 469 g/mol. The Kier molecular flexibility index (Phi) is 6.94. The van der Waals surface area contributed by atoms with Crippen molar-refractivity contribution >= 4 is 17.3 Å². The third kappa shape index (κ3) is 5.34. The number of nitrogens with zero attached hydrogens (tertiary/aromatic N) is 1. The summed E-state index contributed by atoms with van der Waals surface area (Å²) in [4.78, 5) is 0. The molecule has 0 fully saturated rings. The summed E-state index contributed by atoms with van der Waals surface area (Å²) in [5, 5.41) is 2.30. The Balaban J connectivity index is 1.67. The van der Waals surface area contributed by atoms with E-state index in [1.54, 1.807) is 27.4 Å². The molecule has 4 rings (SSSR count). The second-order valence-corrected chi connectivity index (χ2v) is 8.21. The van der Waals surface area contributed by atoms with Crippen molar-refractivity contribution in [1.29, 1.82) is 0 Å².